The van der Waals surface area contributed by atoms with Gasteiger partial charge in [0.05, 0.1) is 17.5 Å². The molecule has 0 spiro atoms. The largest absolute Gasteiger partial charge is 0.451 e. The Bertz CT molecular complexity index is 1060. The van der Waals surface area contributed by atoms with Crippen molar-refractivity contribution in [3.63, 3.8) is 0 Å². The summed E-state index contributed by atoms with van der Waals surface area (Å²) >= 11 is 0. The lowest BCUT2D eigenvalue weighted by atomic mass is 10.1. The molecule has 140 valence electrons. The summed E-state index contributed by atoms with van der Waals surface area (Å²) < 4.78 is 78.3. The van der Waals surface area contributed by atoms with Gasteiger partial charge in [-0.15, -0.1) is 5.10 Å². The summed E-state index contributed by atoms with van der Waals surface area (Å²) in [6, 6.07) is 2.86. The smallest absolute Gasteiger partial charge is 0.282 e. The van der Waals surface area contributed by atoms with E-state index in [2.05, 4.69) is 5.10 Å². The molecule has 0 saturated carbocycles. The summed E-state index contributed by atoms with van der Waals surface area (Å²) in [6.07, 6.45) is -4.20. The van der Waals surface area contributed by atoms with Gasteiger partial charge in [0.1, 0.15) is 11.8 Å². The summed E-state index contributed by atoms with van der Waals surface area (Å²) in [5.74, 6) is -2.76. The summed E-state index contributed by atoms with van der Waals surface area (Å²) in [6.45, 7) is 0.897. The molecule has 0 aliphatic rings. The molecule has 2 aromatic rings. The molecule has 13 heteroatoms. The maximum atomic E-state index is 14.2. The molecular formula is C13H11F4N5O3S. The Morgan fingerprint density at radius 2 is 1.96 bits per heavy atom. The van der Waals surface area contributed by atoms with E-state index in [9.17, 15) is 30.8 Å². The third-order valence-electron chi connectivity index (χ3n) is 3.16. The first-order valence-corrected chi connectivity index (χ1v) is 8.77. The number of alkyl halides is 3. The van der Waals surface area contributed by atoms with E-state index in [0.717, 1.165) is 12.3 Å². The third-order valence-corrected chi connectivity index (χ3v) is 3.75. The topological polar surface area (TPSA) is 110 Å². The zero-order valence-electron chi connectivity index (χ0n) is 13.3. The predicted octanol–water partition coefficient (Wildman–Crippen LogP) is 1.45. The Morgan fingerprint density at radius 1 is 1.35 bits per heavy atom. The number of aromatic nitrogens is 3. The van der Waals surface area contributed by atoms with Crippen molar-refractivity contribution >= 4 is 15.7 Å². The Kier molecular flexibility index (Phi) is 4.82. The van der Waals surface area contributed by atoms with Crippen LogP contribution in [0.2, 0.25) is 0 Å². The number of hydrogen-bond acceptors (Lipinski definition) is 5. The molecule has 1 aromatic carbocycles. The number of hydrogen-bond donors (Lipinski definition) is 1. The molecule has 0 atom stereocenters. The minimum Gasteiger partial charge on any atom is -0.282 e. The summed E-state index contributed by atoms with van der Waals surface area (Å²) in [5, 5.41) is 12.1. The molecular weight excluding hydrogens is 382 g/mol. The van der Waals surface area contributed by atoms with Gasteiger partial charge in [-0.25, -0.2) is 17.6 Å². The van der Waals surface area contributed by atoms with Gasteiger partial charge >= 0.3 is 11.9 Å². The molecule has 26 heavy (non-hydrogen) atoms. The maximum Gasteiger partial charge on any atom is 0.451 e. The monoisotopic (exact) mass is 393 g/mol. The normalized spacial score (nSPS) is 12.0. The van der Waals surface area contributed by atoms with Crippen LogP contribution in [0.5, 0.6) is 0 Å². The van der Waals surface area contributed by atoms with Crippen LogP contribution in [-0.4, -0.2) is 29.0 Å². The lowest BCUT2D eigenvalue weighted by molar-refractivity contribution is -0.147. The second kappa shape index (κ2) is 6.45. The summed E-state index contributed by atoms with van der Waals surface area (Å²) in [7, 11) is -3.88. The Balaban J connectivity index is 2.78. The number of anilines is 1. The van der Waals surface area contributed by atoms with Gasteiger partial charge in [-0.2, -0.15) is 23.1 Å². The summed E-state index contributed by atoms with van der Waals surface area (Å²) in [5.41, 5.74) is -2.83. The average molecular weight is 393 g/mol. The van der Waals surface area contributed by atoms with Crippen molar-refractivity contribution < 1.29 is 26.0 Å². The quantitative estimate of drug-likeness (QED) is 0.791. The standard InChI is InChI=1S/C13H11F4N5O3S/c1-3-21-11(13(15,16)17)19-22(12(21)23)10-5-9(20-26(2,24)25)7(6-18)4-8(10)14/h4-5,20H,3H2,1-2H3. The molecule has 0 saturated heterocycles. The van der Waals surface area contributed by atoms with E-state index in [1.54, 1.807) is 6.07 Å². The summed E-state index contributed by atoms with van der Waals surface area (Å²) in [4.78, 5) is 12.2. The van der Waals surface area contributed by atoms with Crippen LogP contribution >= 0.6 is 0 Å². The molecule has 0 fully saturated rings. The molecule has 0 unspecified atom stereocenters. The minimum atomic E-state index is -4.96. The van der Waals surface area contributed by atoms with Gasteiger partial charge in [-0.3, -0.25) is 9.29 Å². The molecule has 8 nitrogen and oxygen atoms in total. The maximum absolute atomic E-state index is 14.2. The number of rotatable bonds is 4. The highest BCUT2D eigenvalue weighted by atomic mass is 32.2. The van der Waals surface area contributed by atoms with Crippen LogP contribution in [-0.2, 0) is 22.7 Å². The van der Waals surface area contributed by atoms with Crippen molar-refractivity contribution in [2.24, 2.45) is 0 Å². The average Bonchev–Trinajstić information content (AvgIpc) is 2.84. The highest BCUT2D eigenvalue weighted by Gasteiger charge is 2.39. The molecule has 0 aliphatic heterocycles. The van der Waals surface area contributed by atoms with Crippen LogP contribution in [0, 0.1) is 17.1 Å². The second-order valence-electron chi connectivity index (χ2n) is 5.10. The van der Waals surface area contributed by atoms with Gasteiger partial charge in [0.15, 0.2) is 5.82 Å². The van der Waals surface area contributed by atoms with Crippen LogP contribution in [0.3, 0.4) is 0 Å². The van der Waals surface area contributed by atoms with E-state index in [1.165, 1.54) is 6.92 Å². The Hall–Kier alpha value is -2.88. The van der Waals surface area contributed by atoms with E-state index in [0.29, 0.717) is 10.6 Å². The van der Waals surface area contributed by atoms with E-state index in [4.69, 9.17) is 5.26 Å². The third kappa shape index (κ3) is 3.69. The predicted molar refractivity (Wildman–Crippen MR) is 81.6 cm³/mol. The first-order chi connectivity index (χ1) is 11.9. The van der Waals surface area contributed by atoms with Crippen molar-refractivity contribution in [2.75, 3.05) is 11.0 Å². The van der Waals surface area contributed by atoms with Gasteiger partial charge in [0.2, 0.25) is 15.8 Å². The SMILES string of the molecule is CCn1c(C(F)(F)F)nn(-c2cc(NS(C)(=O)=O)c(C#N)cc2F)c1=O. The fraction of sp³-hybridized carbons (Fsp3) is 0.308. The minimum absolute atomic E-state index is 0.163. The number of sulfonamides is 1. The van der Waals surface area contributed by atoms with Crippen LogP contribution in [0.4, 0.5) is 23.2 Å². The van der Waals surface area contributed by atoms with Crippen LogP contribution in [0.1, 0.15) is 18.3 Å². The highest BCUT2D eigenvalue weighted by Crippen LogP contribution is 2.28. The molecule has 0 radical (unpaired) electrons. The zero-order valence-corrected chi connectivity index (χ0v) is 14.1. The lowest BCUT2D eigenvalue weighted by Crippen LogP contribution is -2.26. The number of nitrogens with one attached hydrogen (secondary N) is 1. The highest BCUT2D eigenvalue weighted by molar-refractivity contribution is 7.92. The molecule has 1 N–H and O–H groups in total. The van der Waals surface area contributed by atoms with E-state index in [-0.39, 0.29) is 11.2 Å². The van der Waals surface area contributed by atoms with E-state index >= 15 is 0 Å². The molecule has 0 aliphatic carbocycles. The Labute approximate surface area is 144 Å². The van der Waals surface area contributed by atoms with Crippen molar-refractivity contribution in [1.29, 1.82) is 5.26 Å². The van der Waals surface area contributed by atoms with Crippen molar-refractivity contribution in [3.8, 4) is 11.8 Å². The number of benzene rings is 1. The fourth-order valence-electron chi connectivity index (χ4n) is 2.15. The number of nitriles is 1. The molecule has 1 heterocycles. The number of nitrogens with zero attached hydrogens (tertiary/aromatic N) is 4. The Morgan fingerprint density at radius 3 is 2.38 bits per heavy atom. The first kappa shape index (κ1) is 19.4. The number of halogens is 4. The fourth-order valence-corrected chi connectivity index (χ4v) is 2.72. The van der Waals surface area contributed by atoms with Gasteiger partial charge in [-0.1, -0.05) is 0 Å². The van der Waals surface area contributed by atoms with Crippen molar-refractivity contribution in [2.45, 2.75) is 19.6 Å². The van der Waals surface area contributed by atoms with Crippen molar-refractivity contribution in [1.82, 2.24) is 14.3 Å². The van der Waals surface area contributed by atoms with Crippen LogP contribution in [0.25, 0.3) is 5.69 Å². The van der Waals surface area contributed by atoms with Gasteiger partial charge in [0, 0.05) is 6.54 Å². The van der Waals surface area contributed by atoms with E-state index in [1.807, 2.05) is 4.72 Å². The molecule has 2 rings (SSSR count). The first-order valence-electron chi connectivity index (χ1n) is 6.88. The van der Waals surface area contributed by atoms with Gasteiger partial charge in [-0.05, 0) is 19.1 Å². The van der Waals surface area contributed by atoms with Gasteiger partial charge < -0.3 is 0 Å². The zero-order chi connectivity index (χ0) is 19.9. The van der Waals surface area contributed by atoms with E-state index < -0.39 is 50.5 Å². The second-order valence-corrected chi connectivity index (χ2v) is 6.84. The molecule has 0 amide bonds. The van der Waals surface area contributed by atoms with Crippen LogP contribution < -0.4 is 10.4 Å². The molecule has 0 bridgehead atoms. The van der Waals surface area contributed by atoms with Crippen LogP contribution in [0.15, 0.2) is 16.9 Å². The van der Waals surface area contributed by atoms with Crippen molar-refractivity contribution in [3.05, 3.63) is 39.8 Å². The molecule has 1 aromatic heterocycles. The van der Waals surface area contributed by atoms with Gasteiger partial charge in [0.25, 0.3) is 0 Å². The lowest BCUT2D eigenvalue weighted by Gasteiger charge is -2.09.